The molecule has 31 heavy (non-hydrogen) atoms. The van der Waals surface area contributed by atoms with Gasteiger partial charge in [-0.25, -0.2) is 0 Å². The quantitative estimate of drug-likeness (QED) is 0.247. The Kier molecular flexibility index (Phi) is 6.61. The van der Waals surface area contributed by atoms with E-state index < -0.39 is 32.7 Å². The maximum atomic E-state index is 13.9. The van der Waals surface area contributed by atoms with E-state index in [-0.39, 0.29) is 0 Å². The van der Waals surface area contributed by atoms with Crippen molar-refractivity contribution in [2.24, 2.45) is 10.2 Å². The molecule has 0 aliphatic heterocycles. The molecule has 158 valence electrons. The van der Waals surface area contributed by atoms with Gasteiger partial charge in [-0.2, -0.15) is 9.50 Å². The van der Waals surface area contributed by atoms with Crippen LogP contribution in [-0.4, -0.2) is 16.4 Å². The Balaban J connectivity index is 1.81. The Bertz CT molecular complexity index is 1120. The van der Waals surface area contributed by atoms with E-state index in [4.69, 9.17) is 0 Å². The average molecular weight is 423 g/mol. The Morgan fingerprint density at radius 2 is 1.55 bits per heavy atom. The van der Waals surface area contributed by atoms with Gasteiger partial charge >= 0.3 is 11.4 Å². The lowest BCUT2D eigenvalue weighted by atomic mass is 10.2. The summed E-state index contributed by atoms with van der Waals surface area (Å²) in [5.41, 5.74) is 0.420. The SMILES string of the molecule is CCN(Cc1ccccc1)c1ccc(N=Nc2cc(F)c([N+](=O)[O-])cc2[N+](=O)[O-])cc1. The first kappa shape index (κ1) is 21.5. The number of halogens is 1. The van der Waals surface area contributed by atoms with Gasteiger partial charge in [0.2, 0.25) is 5.82 Å². The van der Waals surface area contributed by atoms with Crippen LogP contribution in [0.3, 0.4) is 0 Å². The highest BCUT2D eigenvalue weighted by Crippen LogP contribution is 2.35. The average Bonchev–Trinajstić information content (AvgIpc) is 2.76. The Labute approximate surface area is 176 Å². The third-order valence-electron chi connectivity index (χ3n) is 4.52. The van der Waals surface area contributed by atoms with Gasteiger partial charge in [-0.1, -0.05) is 30.3 Å². The fraction of sp³-hybridized carbons (Fsp3) is 0.143. The minimum atomic E-state index is -1.22. The van der Waals surface area contributed by atoms with Gasteiger partial charge in [-0.3, -0.25) is 20.2 Å². The van der Waals surface area contributed by atoms with Crippen molar-refractivity contribution >= 4 is 28.4 Å². The summed E-state index contributed by atoms with van der Waals surface area (Å²) >= 11 is 0. The number of rotatable bonds is 8. The Morgan fingerprint density at radius 1 is 0.903 bits per heavy atom. The molecule has 0 heterocycles. The zero-order valence-electron chi connectivity index (χ0n) is 16.5. The number of hydrogen-bond donors (Lipinski definition) is 0. The van der Waals surface area contributed by atoms with Crippen molar-refractivity contribution in [1.82, 2.24) is 0 Å². The van der Waals surface area contributed by atoms with Gasteiger partial charge in [-0.05, 0) is 36.8 Å². The van der Waals surface area contributed by atoms with E-state index >= 15 is 0 Å². The molecule has 3 rings (SSSR count). The lowest BCUT2D eigenvalue weighted by Gasteiger charge is -2.23. The molecule has 0 N–H and O–H groups in total. The van der Waals surface area contributed by atoms with Crippen molar-refractivity contribution in [3.05, 3.63) is 98.3 Å². The predicted molar refractivity (Wildman–Crippen MR) is 113 cm³/mol. The van der Waals surface area contributed by atoms with Crippen LogP contribution in [0.5, 0.6) is 0 Å². The van der Waals surface area contributed by atoms with Crippen LogP contribution in [0.25, 0.3) is 0 Å². The van der Waals surface area contributed by atoms with Crippen molar-refractivity contribution in [3.8, 4) is 0 Å². The molecule has 3 aromatic carbocycles. The Morgan fingerprint density at radius 3 is 2.13 bits per heavy atom. The van der Waals surface area contributed by atoms with Crippen LogP contribution >= 0.6 is 0 Å². The summed E-state index contributed by atoms with van der Waals surface area (Å²) in [4.78, 5) is 22.2. The normalized spacial score (nSPS) is 10.9. The predicted octanol–water partition coefficient (Wildman–Crippen LogP) is 6.08. The molecule has 0 saturated carbocycles. The zero-order chi connectivity index (χ0) is 22.4. The largest absolute Gasteiger partial charge is 0.367 e. The number of hydrogen-bond acceptors (Lipinski definition) is 7. The summed E-state index contributed by atoms with van der Waals surface area (Å²) < 4.78 is 13.9. The van der Waals surface area contributed by atoms with Crippen molar-refractivity contribution < 1.29 is 14.2 Å². The second-order valence-corrected chi connectivity index (χ2v) is 6.52. The lowest BCUT2D eigenvalue weighted by molar-refractivity contribution is -0.395. The standard InChI is InChI=1S/C21H18FN5O4/c1-2-25(14-15-6-4-3-5-7-15)17-10-8-16(9-11-17)23-24-19-12-18(22)20(26(28)29)13-21(19)27(30)31/h3-13H,2,14H2,1H3. The number of nitro benzene ring substituents is 2. The van der Waals surface area contributed by atoms with E-state index in [9.17, 15) is 24.6 Å². The molecule has 0 atom stereocenters. The molecular weight excluding hydrogens is 405 g/mol. The van der Waals surface area contributed by atoms with Crippen LogP contribution in [0.1, 0.15) is 12.5 Å². The summed E-state index contributed by atoms with van der Waals surface area (Å²) in [7, 11) is 0. The molecule has 0 radical (unpaired) electrons. The van der Waals surface area contributed by atoms with Gasteiger partial charge in [0, 0.05) is 24.8 Å². The highest BCUT2D eigenvalue weighted by atomic mass is 19.1. The molecule has 0 saturated heterocycles. The highest BCUT2D eigenvalue weighted by Gasteiger charge is 2.24. The fourth-order valence-corrected chi connectivity index (χ4v) is 2.94. The zero-order valence-corrected chi connectivity index (χ0v) is 16.5. The van der Waals surface area contributed by atoms with E-state index in [1.807, 2.05) is 49.4 Å². The monoisotopic (exact) mass is 423 g/mol. The summed E-state index contributed by atoms with van der Waals surface area (Å²) in [6, 6.07) is 18.2. The first-order valence-corrected chi connectivity index (χ1v) is 9.32. The fourth-order valence-electron chi connectivity index (χ4n) is 2.94. The third-order valence-corrected chi connectivity index (χ3v) is 4.52. The molecule has 0 aliphatic carbocycles. The molecule has 9 nitrogen and oxygen atoms in total. The molecule has 0 unspecified atom stereocenters. The van der Waals surface area contributed by atoms with E-state index in [2.05, 4.69) is 15.1 Å². The van der Waals surface area contributed by atoms with Crippen molar-refractivity contribution in [2.45, 2.75) is 13.5 Å². The second-order valence-electron chi connectivity index (χ2n) is 6.52. The summed E-state index contributed by atoms with van der Waals surface area (Å²) in [6.45, 7) is 3.55. The van der Waals surface area contributed by atoms with Crippen LogP contribution < -0.4 is 4.90 Å². The minimum Gasteiger partial charge on any atom is -0.367 e. The summed E-state index contributed by atoms with van der Waals surface area (Å²) in [5, 5.41) is 29.6. The molecule has 0 spiro atoms. The summed E-state index contributed by atoms with van der Waals surface area (Å²) in [5.74, 6) is -1.22. The molecule has 0 aromatic heterocycles. The number of anilines is 1. The second kappa shape index (κ2) is 9.53. The molecule has 0 amide bonds. The molecule has 0 bridgehead atoms. The van der Waals surface area contributed by atoms with Crippen molar-refractivity contribution in [2.75, 3.05) is 11.4 Å². The Hall–Kier alpha value is -4.21. The van der Waals surface area contributed by atoms with Gasteiger partial charge in [0.05, 0.1) is 21.6 Å². The molecule has 0 aliphatic rings. The van der Waals surface area contributed by atoms with E-state index in [1.165, 1.54) is 5.56 Å². The van der Waals surface area contributed by atoms with Crippen LogP contribution in [0, 0.1) is 26.0 Å². The van der Waals surface area contributed by atoms with Crippen molar-refractivity contribution in [3.63, 3.8) is 0 Å². The molecule has 3 aromatic rings. The maximum Gasteiger partial charge on any atom is 0.311 e. The summed E-state index contributed by atoms with van der Waals surface area (Å²) in [6.07, 6.45) is 0. The smallest absolute Gasteiger partial charge is 0.311 e. The number of nitrogens with zero attached hydrogens (tertiary/aromatic N) is 5. The number of benzene rings is 3. The van der Waals surface area contributed by atoms with E-state index in [1.54, 1.807) is 12.1 Å². The van der Waals surface area contributed by atoms with Crippen LogP contribution in [0.4, 0.5) is 32.8 Å². The van der Waals surface area contributed by atoms with Gasteiger partial charge in [0.1, 0.15) is 0 Å². The topological polar surface area (TPSA) is 114 Å². The first-order valence-electron chi connectivity index (χ1n) is 9.32. The molecular formula is C21H18FN5O4. The third kappa shape index (κ3) is 5.24. The van der Waals surface area contributed by atoms with Crippen LogP contribution in [0.2, 0.25) is 0 Å². The maximum absolute atomic E-state index is 13.9. The van der Waals surface area contributed by atoms with Gasteiger partial charge in [0.15, 0.2) is 5.69 Å². The number of azo groups is 1. The van der Waals surface area contributed by atoms with Gasteiger partial charge in [-0.15, -0.1) is 5.11 Å². The van der Waals surface area contributed by atoms with Gasteiger partial charge < -0.3 is 4.90 Å². The van der Waals surface area contributed by atoms with Crippen LogP contribution in [0.15, 0.2) is 77.0 Å². The van der Waals surface area contributed by atoms with Crippen LogP contribution in [-0.2, 0) is 6.54 Å². The van der Waals surface area contributed by atoms with Gasteiger partial charge in [0.25, 0.3) is 0 Å². The van der Waals surface area contributed by atoms with E-state index in [0.717, 1.165) is 18.8 Å². The van der Waals surface area contributed by atoms with Crippen molar-refractivity contribution in [1.29, 1.82) is 0 Å². The van der Waals surface area contributed by atoms with E-state index in [0.29, 0.717) is 17.8 Å². The highest BCUT2D eigenvalue weighted by molar-refractivity contribution is 5.62. The lowest BCUT2D eigenvalue weighted by Crippen LogP contribution is -2.21. The first-order chi connectivity index (χ1) is 14.9. The molecule has 0 fully saturated rings. The minimum absolute atomic E-state index is 0.396. The molecule has 10 heteroatoms. The number of nitro groups is 2.